The van der Waals surface area contributed by atoms with Crippen LogP contribution in [0.15, 0.2) is 0 Å². The van der Waals surface area contributed by atoms with Gasteiger partial charge >= 0.3 is 8.80 Å². The monoisotopic (exact) mass is 152 g/mol. The molecule has 0 aliphatic heterocycles. The molecule has 0 aromatic carbocycles. The molecule has 0 radical (unpaired) electrons. The van der Waals surface area contributed by atoms with Gasteiger partial charge in [-0.1, -0.05) is 6.92 Å². The molecule has 4 heteroatoms. The highest BCUT2D eigenvalue weighted by atomic mass is 28.4. The summed E-state index contributed by atoms with van der Waals surface area (Å²) in [5, 5.41) is 0. The lowest BCUT2D eigenvalue weighted by Gasteiger charge is -2.22. The Morgan fingerprint density at radius 1 is 1.11 bits per heavy atom. The van der Waals surface area contributed by atoms with E-state index in [1.54, 1.807) is 21.3 Å². The highest BCUT2D eigenvalue weighted by Gasteiger charge is 2.34. The third-order valence-corrected chi connectivity index (χ3v) is 4.10. The minimum absolute atomic E-state index is 0. The first-order valence-corrected chi connectivity index (χ1v) is 4.83. The highest BCUT2D eigenvalue weighted by Crippen LogP contribution is 2.10. The van der Waals surface area contributed by atoms with E-state index in [0.717, 1.165) is 6.04 Å². The summed E-state index contributed by atoms with van der Waals surface area (Å²) in [6.07, 6.45) is 0. The molecule has 0 aromatic heterocycles. The van der Waals surface area contributed by atoms with Gasteiger partial charge in [0.15, 0.2) is 0 Å². The molecular formula is C5H16O3Si. The van der Waals surface area contributed by atoms with Crippen LogP contribution in [0.2, 0.25) is 6.04 Å². The molecule has 0 aliphatic rings. The Morgan fingerprint density at radius 2 is 1.44 bits per heavy atom. The molecule has 0 spiro atoms. The molecule has 0 rings (SSSR count). The zero-order valence-electron chi connectivity index (χ0n) is 6.43. The molecule has 9 heavy (non-hydrogen) atoms. The average Bonchev–Trinajstić information content (AvgIpc) is 1.95. The van der Waals surface area contributed by atoms with E-state index in [0.29, 0.717) is 0 Å². The van der Waals surface area contributed by atoms with Crippen LogP contribution in [0.4, 0.5) is 0 Å². The molecule has 58 valence electrons. The second kappa shape index (κ2) is 4.00. The van der Waals surface area contributed by atoms with Gasteiger partial charge < -0.3 is 13.3 Å². The smallest absolute Gasteiger partial charge is 0.377 e. The predicted molar refractivity (Wildman–Crippen MR) is 39.4 cm³/mol. The zero-order valence-corrected chi connectivity index (χ0v) is 7.43. The molecule has 0 aromatic rings. The van der Waals surface area contributed by atoms with E-state index >= 15 is 0 Å². The number of rotatable bonds is 4. The maximum absolute atomic E-state index is 5.08. The molecule has 0 saturated heterocycles. The van der Waals surface area contributed by atoms with Crippen molar-refractivity contribution in [2.24, 2.45) is 0 Å². The number of hydrogen-bond donors (Lipinski definition) is 0. The van der Waals surface area contributed by atoms with E-state index in [4.69, 9.17) is 13.3 Å². The summed E-state index contributed by atoms with van der Waals surface area (Å²) in [5.41, 5.74) is 0. The number of hydrogen-bond acceptors (Lipinski definition) is 3. The quantitative estimate of drug-likeness (QED) is 0.565. The normalized spacial score (nSPS) is 12.0. The average molecular weight is 152 g/mol. The van der Waals surface area contributed by atoms with Crippen molar-refractivity contribution >= 4 is 8.80 Å². The van der Waals surface area contributed by atoms with E-state index < -0.39 is 8.80 Å². The molecule has 0 bridgehead atoms. The van der Waals surface area contributed by atoms with Crippen LogP contribution in [0, 0.1) is 0 Å². The van der Waals surface area contributed by atoms with Crippen LogP contribution >= 0.6 is 0 Å². The van der Waals surface area contributed by atoms with Gasteiger partial charge in [-0.3, -0.25) is 0 Å². The summed E-state index contributed by atoms with van der Waals surface area (Å²) in [6, 6.07) is 0.816. The topological polar surface area (TPSA) is 27.7 Å². The van der Waals surface area contributed by atoms with Gasteiger partial charge in [0.2, 0.25) is 0 Å². The van der Waals surface area contributed by atoms with Crippen molar-refractivity contribution in [2.75, 3.05) is 21.3 Å². The first kappa shape index (κ1) is 9.10. The molecule has 3 nitrogen and oxygen atoms in total. The van der Waals surface area contributed by atoms with Gasteiger partial charge in [0, 0.05) is 28.8 Å². The lowest BCUT2D eigenvalue weighted by atomic mass is 11.0. The van der Waals surface area contributed by atoms with Crippen LogP contribution in [-0.2, 0) is 13.3 Å². The summed E-state index contributed by atoms with van der Waals surface area (Å²) in [5.74, 6) is 0. The van der Waals surface area contributed by atoms with E-state index in [1.807, 2.05) is 6.92 Å². The van der Waals surface area contributed by atoms with Gasteiger partial charge in [0.1, 0.15) is 0 Å². The van der Waals surface area contributed by atoms with Crippen LogP contribution in [-0.4, -0.2) is 30.1 Å². The molecule has 0 fully saturated rings. The Bertz CT molecular complexity index is 59.8. The highest BCUT2D eigenvalue weighted by molar-refractivity contribution is 6.60. The third kappa shape index (κ3) is 2.06. The molecule has 0 amide bonds. The lowest BCUT2D eigenvalue weighted by molar-refractivity contribution is 0.125. The van der Waals surface area contributed by atoms with Crippen molar-refractivity contribution in [3.05, 3.63) is 0 Å². The Labute approximate surface area is 58.8 Å². The summed E-state index contributed by atoms with van der Waals surface area (Å²) in [4.78, 5) is 0. The van der Waals surface area contributed by atoms with Crippen molar-refractivity contribution in [2.45, 2.75) is 13.0 Å². The van der Waals surface area contributed by atoms with Gasteiger partial charge in [0.25, 0.3) is 0 Å². The van der Waals surface area contributed by atoms with Crippen LogP contribution in [0.3, 0.4) is 0 Å². The van der Waals surface area contributed by atoms with Crippen LogP contribution in [0.5, 0.6) is 0 Å². The van der Waals surface area contributed by atoms with Crippen LogP contribution in [0.1, 0.15) is 8.35 Å². The van der Waals surface area contributed by atoms with Crippen molar-refractivity contribution < 1.29 is 14.7 Å². The van der Waals surface area contributed by atoms with Gasteiger partial charge in [0.05, 0.1) is 0 Å². The standard InChI is InChI=1S/C5H14O3Si.H2/c1-5-9(6-2,7-3)8-4;/h5H2,1-4H3;1H. The summed E-state index contributed by atoms with van der Waals surface area (Å²) >= 11 is 0. The van der Waals surface area contributed by atoms with Crippen LogP contribution < -0.4 is 0 Å². The molecular weight excluding hydrogens is 136 g/mol. The molecule has 0 heterocycles. The zero-order chi connectivity index (χ0) is 7.33. The van der Waals surface area contributed by atoms with Gasteiger partial charge in [-0.05, 0) is 0 Å². The van der Waals surface area contributed by atoms with E-state index in [2.05, 4.69) is 0 Å². The van der Waals surface area contributed by atoms with Crippen molar-refractivity contribution in [3.8, 4) is 0 Å². The maximum Gasteiger partial charge on any atom is 0.499 e. The Morgan fingerprint density at radius 3 is 1.44 bits per heavy atom. The van der Waals surface area contributed by atoms with Crippen molar-refractivity contribution in [1.82, 2.24) is 0 Å². The summed E-state index contributed by atoms with van der Waals surface area (Å²) < 4.78 is 15.2. The maximum atomic E-state index is 5.08. The molecule has 0 aliphatic carbocycles. The largest absolute Gasteiger partial charge is 0.499 e. The second-order valence-corrected chi connectivity index (χ2v) is 4.95. The predicted octanol–water partition coefficient (Wildman–Crippen LogP) is 1.13. The van der Waals surface area contributed by atoms with Crippen molar-refractivity contribution in [3.63, 3.8) is 0 Å². The fourth-order valence-corrected chi connectivity index (χ4v) is 2.05. The fraction of sp³-hybridized carbons (Fsp3) is 1.00. The van der Waals surface area contributed by atoms with E-state index in [9.17, 15) is 0 Å². The Balaban J connectivity index is 0. The van der Waals surface area contributed by atoms with Gasteiger partial charge in [-0.25, -0.2) is 0 Å². The van der Waals surface area contributed by atoms with E-state index in [1.165, 1.54) is 0 Å². The summed E-state index contributed by atoms with van der Waals surface area (Å²) in [6.45, 7) is 1.99. The van der Waals surface area contributed by atoms with Gasteiger partial charge in [-0.15, -0.1) is 0 Å². The van der Waals surface area contributed by atoms with Crippen molar-refractivity contribution in [1.29, 1.82) is 0 Å². The first-order valence-electron chi connectivity index (χ1n) is 2.90. The molecule has 0 N–H and O–H groups in total. The molecule has 0 unspecified atom stereocenters. The van der Waals surface area contributed by atoms with Crippen LogP contribution in [0.25, 0.3) is 0 Å². The fourth-order valence-electron chi connectivity index (χ4n) is 0.683. The first-order chi connectivity index (χ1) is 4.24. The Kier molecular flexibility index (Phi) is 4.04. The van der Waals surface area contributed by atoms with E-state index in [-0.39, 0.29) is 1.43 Å². The summed E-state index contributed by atoms with van der Waals surface area (Å²) in [7, 11) is 2.65. The lowest BCUT2D eigenvalue weighted by Crippen LogP contribution is -2.41. The van der Waals surface area contributed by atoms with Gasteiger partial charge in [-0.2, -0.15) is 0 Å². The SMILES string of the molecule is CC[Si](OC)(OC)OC.[HH]. The Hall–Kier alpha value is 0.0969. The minimum atomic E-state index is -2.19. The molecule has 0 atom stereocenters. The molecule has 0 saturated carbocycles. The second-order valence-electron chi connectivity index (χ2n) is 1.65. The minimum Gasteiger partial charge on any atom is -0.377 e. The third-order valence-electron chi connectivity index (χ3n) is 1.37.